The van der Waals surface area contributed by atoms with E-state index in [9.17, 15) is 18.0 Å². The predicted octanol–water partition coefficient (Wildman–Crippen LogP) is 4.73. The number of sulfone groups is 1. The average Bonchev–Trinajstić information content (AvgIpc) is 3.24. The fraction of sp³-hybridized carbons (Fsp3) is 0.400. The molecule has 2 aliphatic rings. The molecule has 2 aromatic rings. The van der Waals surface area contributed by atoms with Gasteiger partial charge in [0, 0.05) is 11.7 Å². The van der Waals surface area contributed by atoms with Gasteiger partial charge in [-0.15, -0.1) is 0 Å². The van der Waals surface area contributed by atoms with E-state index in [0.29, 0.717) is 15.7 Å². The Bertz CT molecular complexity index is 1310. The maximum absolute atomic E-state index is 13.5. The highest BCUT2D eigenvalue weighted by atomic mass is 35.5. The first-order valence-electron chi connectivity index (χ1n) is 11.6. The van der Waals surface area contributed by atoms with Crippen LogP contribution in [0.3, 0.4) is 0 Å². The van der Waals surface area contributed by atoms with Gasteiger partial charge in [-0.25, -0.2) is 13.2 Å². The maximum atomic E-state index is 13.5. The van der Waals surface area contributed by atoms with Gasteiger partial charge in [-0.2, -0.15) is 4.99 Å². The third-order valence-corrected chi connectivity index (χ3v) is 9.54. The van der Waals surface area contributed by atoms with Crippen LogP contribution in [0.5, 0.6) is 0 Å². The number of amidine groups is 1. The third-order valence-electron chi connectivity index (χ3n) is 5.72. The number of hydrogen-bond donors (Lipinski definition) is 1. The van der Waals surface area contributed by atoms with Gasteiger partial charge in [0.05, 0.1) is 33.3 Å². The normalized spacial score (nSPS) is 22.5. The average molecular weight is 585 g/mol. The minimum absolute atomic E-state index is 0.0439. The van der Waals surface area contributed by atoms with Crippen LogP contribution in [0.25, 0.3) is 0 Å². The summed E-state index contributed by atoms with van der Waals surface area (Å²) in [5, 5.41) is 3.21. The quantitative estimate of drug-likeness (QED) is 0.542. The van der Waals surface area contributed by atoms with Crippen LogP contribution in [0.2, 0.25) is 10.0 Å². The van der Waals surface area contributed by atoms with E-state index in [-0.39, 0.29) is 28.3 Å². The molecular formula is C25H27Cl2N3O5S2. The van der Waals surface area contributed by atoms with Gasteiger partial charge in [-0.05, 0) is 38.5 Å². The van der Waals surface area contributed by atoms with Crippen molar-refractivity contribution in [2.24, 2.45) is 4.99 Å². The molecule has 0 aromatic heterocycles. The summed E-state index contributed by atoms with van der Waals surface area (Å²) in [6.07, 6.45) is -0.552. The summed E-state index contributed by atoms with van der Waals surface area (Å²) >= 11 is 14.1. The lowest BCUT2D eigenvalue weighted by Crippen LogP contribution is -2.45. The summed E-state index contributed by atoms with van der Waals surface area (Å²) < 4.78 is 30.1. The number of fused-ring (bicyclic) bond motifs is 1. The standard InChI is InChI=1S/C25H27Cl2N3O5S2/c1-25(2,3)35-24(32)28-18(12-15-8-5-4-6-9-15)22(31)29-23-30(21-16(26)10-7-11-17(21)27)19-13-37(33,34)14-20(19)36-23/h4-11,18-20H,12-14H2,1-3H3,(H,28,32)/t18-,19+,20+/m1/s1. The van der Waals surface area contributed by atoms with Gasteiger partial charge in [-0.1, -0.05) is 71.4 Å². The Hall–Kier alpha value is -2.27. The van der Waals surface area contributed by atoms with Crippen LogP contribution in [0.1, 0.15) is 26.3 Å². The van der Waals surface area contributed by atoms with Gasteiger partial charge < -0.3 is 15.0 Å². The van der Waals surface area contributed by atoms with Crippen molar-refractivity contribution in [1.82, 2.24) is 5.32 Å². The Morgan fingerprint density at radius 1 is 1.11 bits per heavy atom. The number of amides is 2. The molecule has 2 aliphatic heterocycles. The molecule has 4 rings (SSSR count). The first-order valence-corrected chi connectivity index (χ1v) is 15.0. The van der Waals surface area contributed by atoms with Crippen molar-refractivity contribution in [2.75, 3.05) is 16.4 Å². The number of thioether (sulfide) groups is 1. The molecule has 2 amide bonds. The van der Waals surface area contributed by atoms with Gasteiger partial charge in [0.15, 0.2) is 15.0 Å². The third kappa shape index (κ3) is 6.79. The number of para-hydroxylation sites is 1. The van der Waals surface area contributed by atoms with Gasteiger partial charge in [-0.3, -0.25) is 4.79 Å². The summed E-state index contributed by atoms with van der Waals surface area (Å²) in [6.45, 7) is 5.19. The molecule has 37 heavy (non-hydrogen) atoms. The number of nitrogens with zero attached hydrogens (tertiary/aromatic N) is 2. The SMILES string of the molecule is CC(C)(C)OC(=O)N[C@H](Cc1ccccc1)C(=O)N=C1S[C@H]2CS(=O)(=O)C[C@@H]2N1c1c(Cl)cccc1Cl. The van der Waals surface area contributed by atoms with E-state index in [1.165, 1.54) is 11.8 Å². The maximum Gasteiger partial charge on any atom is 0.408 e. The highest BCUT2D eigenvalue weighted by Gasteiger charge is 2.50. The number of alkyl carbamates (subject to hydrolysis) is 1. The van der Waals surface area contributed by atoms with Crippen LogP contribution < -0.4 is 10.2 Å². The number of carbonyl (C=O) groups excluding carboxylic acids is 2. The lowest BCUT2D eigenvalue weighted by atomic mass is 10.1. The predicted molar refractivity (Wildman–Crippen MR) is 149 cm³/mol. The molecule has 2 aromatic carbocycles. The lowest BCUT2D eigenvalue weighted by molar-refractivity contribution is -0.119. The Kier molecular flexibility index (Phi) is 8.13. The monoisotopic (exact) mass is 583 g/mol. The second-order valence-corrected chi connectivity index (χ2v) is 14.0. The number of hydrogen-bond acceptors (Lipinski definition) is 6. The van der Waals surface area contributed by atoms with E-state index in [4.69, 9.17) is 27.9 Å². The number of nitrogens with one attached hydrogen (secondary N) is 1. The number of aliphatic imine (C=N–C) groups is 1. The van der Waals surface area contributed by atoms with Crippen LogP contribution in [-0.2, 0) is 25.8 Å². The largest absolute Gasteiger partial charge is 0.444 e. The number of ether oxygens (including phenoxy) is 1. The fourth-order valence-electron chi connectivity index (χ4n) is 4.22. The summed E-state index contributed by atoms with van der Waals surface area (Å²) in [5.74, 6) is -0.756. The minimum Gasteiger partial charge on any atom is -0.444 e. The van der Waals surface area contributed by atoms with E-state index in [1.807, 2.05) is 30.3 Å². The molecule has 0 unspecified atom stereocenters. The van der Waals surface area contributed by atoms with Crippen LogP contribution >= 0.6 is 35.0 Å². The van der Waals surface area contributed by atoms with E-state index in [2.05, 4.69) is 10.3 Å². The minimum atomic E-state index is -3.28. The van der Waals surface area contributed by atoms with Crippen molar-refractivity contribution in [2.45, 2.75) is 50.1 Å². The van der Waals surface area contributed by atoms with Crippen LogP contribution in [0.15, 0.2) is 53.5 Å². The highest BCUT2D eigenvalue weighted by molar-refractivity contribution is 8.16. The zero-order chi connectivity index (χ0) is 27.0. The molecule has 0 bridgehead atoms. The molecule has 0 radical (unpaired) electrons. The molecule has 2 heterocycles. The Morgan fingerprint density at radius 3 is 2.38 bits per heavy atom. The van der Waals surface area contributed by atoms with Crippen molar-refractivity contribution in [3.8, 4) is 0 Å². The van der Waals surface area contributed by atoms with Gasteiger partial charge >= 0.3 is 6.09 Å². The second kappa shape index (κ2) is 10.8. The molecule has 12 heteroatoms. The molecule has 0 aliphatic carbocycles. The molecule has 2 saturated heterocycles. The first kappa shape index (κ1) is 27.8. The number of carbonyl (C=O) groups is 2. The van der Waals surface area contributed by atoms with E-state index >= 15 is 0 Å². The van der Waals surface area contributed by atoms with E-state index < -0.39 is 39.5 Å². The Morgan fingerprint density at radius 2 is 1.76 bits per heavy atom. The topological polar surface area (TPSA) is 105 Å². The number of benzene rings is 2. The molecule has 0 spiro atoms. The summed E-state index contributed by atoms with van der Waals surface area (Å²) in [4.78, 5) is 32.1. The molecule has 8 nitrogen and oxygen atoms in total. The molecule has 2 fully saturated rings. The lowest BCUT2D eigenvalue weighted by Gasteiger charge is -2.27. The van der Waals surface area contributed by atoms with Crippen LogP contribution in [0.4, 0.5) is 10.5 Å². The van der Waals surface area contributed by atoms with E-state index in [1.54, 1.807) is 43.9 Å². The fourth-order valence-corrected chi connectivity index (χ4v) is 8.70. The zero-order valence-electron chi connectivity index (χ0n) is 20.5. The summed E-state index contributed by atoms with van der Waals surface area (Å²) in [6, 6.07) is 12.7. The van der Waals surface area contributed by atoms with Crippen molar-refractivity contribution in [3.05, 3.63) is 64.1 Å². The molecule has 198 valence electrons. The van der Waals surface area contributed by atoms with Gasteiger partial charge in [0.1, 0.15) is 11.6 Å². The van der Waals surface area contributed by atoms with Crippen molar-refractivity contribution >= 4 is 67.7 Å². The smallest absolute Gasteiger partial charge is 0.408 e. The number of anilines is 1. The number of rotatable bonds is 5. The first-order chi connectivity index (χ1) is 17.3. The van der Waals surface area contributed by atoms with Crippen molar-refractivity contribution in [3.63, 3.8) is 0 Å². The summed E-state index contributed by atoms with van der Waals surface area (Å²) in [7, 11) is -3.28. The second-order valence-electron chi connectivity index (χ2n) is 9.86. The van der Waals surface area contributed by atoms with Crippen LogP contribution in [-0.4, -0.2) is 60.0 Å². The van der Waals surface area contributed by atoms with Crippen LogP contribution in [0, 0.1) is 0 Å². The number of halogens is 2. The zero-order valence-corrected chi connectivity index (χ0v) is 23.6. The molecule has 1 N–H and O–H groups in total. The Labute approximate surface area is 230 Å². The van der Waals surface area contributed by atoms with Crippen molar-refractivity contribution in [1.29, 1.82) is 0 Å². The summed E-state index contributed by atoms with van der Waals surface area (Å²) in [5.41, 5.74) is 0.470. The van der Waals surface area contributed by atoms with Gasteiger partial charge in [0.25, 0.3) is 5.91 Å². The molecule has 3 atom stereocenters. The van der Waals surface area contributed by atoms with Crippen molar-refractivity contribution < 1.29 is 22.7 Å². The molecule has 0 saturated carbocycles. The molecular weight excluding hydrogens is 557 g/mol. The Balaban J connectivity index is 1.69. The van der Waals surface area contributed by atoms with Gasteiger partial charge in [0.2, 0.25) is 0 Å². The highest BCUT2D eigenvalue weighted by Crippen LogP contribution is 2.45. The van der Waals surface area contributed by atoms with E-state index in [0.717, 1.165) is 5.56 Å².